The Bertz CT molecular complexity index is 1180. The molecule has 0 aliphatic rings. The van der Waals surface area contributed by atoms with Crippen molar-refractivity contribution in [2.45, 2.75) is 27.2 Å². The predicted molar refractivity (Wildman–Crippen MR) is 134 cm³/mol. The second kappa shape index (κ2) is 11.7. The lowest BCUT2D eigenvalue weighted by molar-refractivity contribution is -0.128. The molecule has 0 saturated carbocycles. The summed E-state index contributed by atoms with van der Waals surface area (Å²) < 4.78 is 16.3. The maximum Gasteiger partial charge on any atom is 0.336 e. The molecule has 0 atom stereocenters. The Balaban J connectivity index is 1.59. The molecule has 0 aliphatic heterocycles. The van der Waals surface area contributed by atoms with E-state index in [4.69, 9.17) is 14.2 Å². The lowest BCUT2D eigenvalue weighted by Crippen LogP contribution is -2.13. The Morgan fingerprint density at radius 3 is 2.38 bits per heavy atom. The van der Waals surface area contributed by atoms with Crippen molar-refractivity contribution in [3.63, 3.8) is 0 Å². The number of hydrogen-bond donors (Lipinski definition) is 1. The van der Waals surface area contributed by atoms with Gasteiger partial charge < -0.3 is 19.5 Å². The van der Waals surface area contributed by atoms with E-state index in [-0.39, 0.29) is 5.91 Å². The first-order chi connectivity index (χ1) is 16.4. The summed E-state index contributed by atoms with van der Waals surface area (Å²) in [7, 11) is 1.57. The fourth-order valence-corrected chi connectivity index (χ4v) is 3.26. The fourth-order valence-electron chi connectivity index (χ4n) is 3.26. The highest BCUT2D eigenvalue weighted by molar-refractivity contribution is 6.04. The average Bonchev–Trinajstić information content (AvgIpc) is 2.83. The first-order valence-corrected chi connectivity index (χ1v) is 11.1. The molecule has 0 aliphatic carbocycles. The van der Waals surface area contributed by atoms with E-state index in [1.165, 1.54) is 6.08 Å². The van der Waals surface area contributed by atoms with Crippen LogP contribution >= 0.6 is 0 Å². The predicted octanol–water partition coefficient (Wildman–Crippen LogP) is 5.97. The van der Waals surface area contributed by atoms with Crippen LogP contribution in [0.5, 0.6) is 17.2 Å². The van der Waals surface area contributed by atoms with Crippen LogP contribution in [0.2, 0.25) is 0 Å². The van der Waals surface area contributed by atoms with E-state index in [2.05, 4.69) is 5.32 Å². The number of methoxy groups -OCH3 is 1. The third-order valence-electron chi connectivity index (χ3n) is 5.03. The van der Waals surface area contributed by atoms with Gasteiger partial charge in [0.15, 0.2) is 11.5 Å². The molecule has 3 rings (SSSR count). The molecule has 0 aromatic heterocycles. The first kappa shape index (κ1) is 24.6. The van der Waals surface area contributed by atoms with Crippen LogP contribution in [0.25, 0.3) is 6.08 Å². The van der Waals surface area contributed by atoms with Crippen molar-refractivity contribution in [3.8, 4) is 17.2 Å². The van der Waals surface area contributed by atoms with Crippen LogP contribution in [0.3, 0.4) is 0 Å². The number of benzene rings is 3. The number of esters is 1. The Morgan fingerprint density at radius 2 is 1.71 bits per heavy atom. The average molecular weight is 460 g/mol. The lowest BCUT2D eigenvalue weighted by Gasteiger charge is -2.10. The van der Waals surface area contributed by atoms with Crippen LogP contribution in [0, 0.1) is 13.8 Å². The summed E-state index contributed by atoms with van der Waals surface area (Å²) in [5.74, 6) is 0.839. The van der Waals surface area contributed by atoms with Crippen LogP contribution in [0.15, 0.2) is 66.7 Å². The molecule has 0 unspecified atom stereocenters. The van der Waals surface area contributed by atoms with Gasteiger partial charge in [-0.15, -0.1) is 0 Å². The van der Waals surface area contributed by atoms with Crippen LogP contribution in [-0.4, -0.2) is 25.6 Å². The standard InChI is InChI=1S/C28H29NO5/c1-5-16-33-25-14-7-21(18-26(25)32-4)8-15-27(30)34-23-11-9-22(10-12-23)28(31)29-24-13-6-19(2)17-20(24)3/h6-15,17-18H,5,16H2,1-4H3,(H,29,31)/b15-8+. The molecule has 1 N–H and O–H groups in total. The molecule has 0 fully saturated rings. The van der Waals surface area contributed by atoms with Crippen molar-refractivity contribution < 1.29 is 23.8 Å². The van der Waals surface area contributed by atoms with E-state index >= 15 is 0 Å². The number of aryl methyl sites for hydroxylation is 2. The van der Waals surface area contributed by atoms with Crippen LogP contribution in [0.4, 0.5) is 5.69 Å². The molecule has 0 bridgehead atoms. The Hall–Kier alpha value is -4.06. The van der Waals surface area contributed by atoms with E-state index in [9.17, 15) is 9.59 Å². The van der Waals surface area contributed by atoms with Gasteiger partial charge in [0, 0.05) is 17.3 Å². The summed E-state index contributed by atoms with van der Waals surface area (Å²) in [6, 6.07) is 17.7. The molecule has 0 spiro atoms. The van der Waals surface area contributed by atoms with E-state index in [0.717, 1.165) is 28.8 Å². The maximum atomic E-state index is 12.5. The molecule has 6 heteroatoms. The second-order valence-corrected chi connectivity index (χ2v) is 7.81. The molecular formula is C28H29NO5. The number of nitrogens with one attached hydrogen (secondary N) is 1. The molecule has 0 heterocycles. The lowest BCUT2D eigenvalue weighted by atomic mass is 10.1. The summed E-state index contributed by atoms with van der Waals surface area (Å²) in [6.45, 7) is 6.58. The van der Waals surface area contributed by atoms with E-state index < -0.39 is 5.97 Å². The molecule has 3 aromatic carbocycles. The first-order valence-electron chi connectivity index (χ1n) is 11.1. The van der Waals surface area contributed by atoms with Gasteiger partial charge in [-0.25, -0.2) is 4.79 Å². The molecule has 0 radical (unpaired) electrons. The Morgan fingerprint density at radius 1 is 0.941 bits per heavy atom. The molecular weight excluding hydrogens is 430 g/mol. The quantitative estimate of drug-likeness (QED) is 0.242. The number of carbonyl (C=O) groups excluding carboxylic acids is 2. The third-order valence-corrected chi connectivity index (χ3v) is 5.03. The van der Waals surface area contributed by atoms with Gasteiger partial charge in [0.25, 0.3) is 5.91 Å². The van der Waals surface area contributed by atoms with Gasteiger partial charge in [-0.2, -0.15) is 0 Å². The smallest absolute Gasteiger partial charge is 0.336 e. The zero-order valence-corrected chi connectivity index (χ0v) is 19.9. The fraction of sp³-hybridized carbons (Fsp3) is 0.214. The summed E-state index contributed by atoms with van der Waals surface area (Å²) >= 11 is 0. The van der Waals surface area contributed by atoms with Gasteiger partial charge in [-0.3, -0.25) is 4.79 Å². The monoisotopic (exact) mass is 459 g/mol. The van der Waals surface area contributed by atoms with Crippen LogP contribution < -0.4 is 19.5 Å². The second-order valence-electron chi connectivity index (χ2n) is 7.81. The zero-order valence-electron chi connectivity index (χ0n) is 19.9. The third kappa shape index (κ3) is 6.72. The Kier molecular flexibility index (Phi) is 8.46. The summed E-state index contributed by atoms with van der Waals surface area (Å²) in [5.41, 5.74) is 4.13. The van der Waals surface area contributed by atoms with Crippen molar-refractivity contribution >= 4 is 23.6 Å². The van der Waals surface area contributed by atoms with Gasteiger partial charge in [-0.05, 0) is 79.9 Å². The highest BCUT2D eigenvalue weighted by atomic mass is 16.5. The maximum absolute atomic E-state index is 12.5. The summed E-state index contributed by atoms with van der Waals surface area (Å²) in [6.07, 6.45) is 3.87. The number of hydrogen-bond acceptors (Lipinski definition) is 5. The number of carbonyl (C=O) groups is 2. The normalized spacial score (nSPS) is 10.7. The number of anilines is 1. The van der Waals surface area contributed by atoms with Gasteiger partial charge in [0.2, 0.25) is 0 Å². The number of rotatable bonds is 9. The van der Waals surface area contributed by atoms with Crippen molar-refractivity contribution in [2.24, 2.45) is 0 Å². The number of ether oxygens (including phenoxy) is 3. The largest absolute Gasteiger partial charge is 0.493 e. The van der Waals surface area contributed by atoms with Gasteiger partial charge in [0.05, 0.1) is 13.7 Å². The molecule has 0 saturated heterocycles. The molecule has 1 amide bonds. The van der Waals surface area contributed by atoms with Crippen molar-refractivity contribution in [1.82, 2.24) is 0 Å². The minimum Gasteiger partial charge on any atom is -0.493 e. The molecule has 3 aromatic rings. The summed E-state index contributed by atoms with van der Waals surface area (Å²) in [5, 5.41) is 2.90. The molecule has 176 valence electrons. The highest BCUT2D eigenvalue weighted by Gasteiger charge is 2.09. The van der Waals surface area contributed by atoms with Gasteiger partial charge in [-0.1, -0.05) is 30.7 Å². The molecule has 6 nitrogen and oxygen atoms in total. The topological polar surface area (TPSA) is 73.9 Å². The highest BCUT2D eigenvalue weighted by Crippen LogP contribution is 2.28. The van der Waals surface area contributed by atoms with Crippen molar-refractivity contribution in [3.05, 3.63) is 89.0 Å². The van der Waals surface area contributed by atoms with Crippen LogP contribution in [0.1, 0.15) is 40.4 Å². The zero-order chi connectivity index (χ0) is 24.5. The van der Waals surface area contributed by atoms with E-state index in [1.807, 2.05) is 45.0 Å². The van der Waals surface area contributed by atoms with Gasteiger partial charge >= 0.3 is 5.97 Å². The minimum atomic E-state index is -0.530. The van der Waals surface area contributed by atoms with Crippen molar-refractivity contribution in [2.75, 3.05) is 19.0 Å². The van der Waals surface area contributed by atoms with Crippen LogP contribution in [-0.2, 0) is 4.79 Å². The van der Waals surface area contributed by atoms with E-state index in [1.54, 1.807) is 49.6 Å². The minimum absolute atomic E-state index is 0.231. The van der Waals surface area contributed by atoms with Crippen molar-refractivity contribution in [1.29, 1.82) is 0 Å². The summed E-state index contributed by atoms with van der Waals surface area (Å²) in [4.78, 5) is 24.8. The Labute approximate surface area is 200 Å². The number of amides is 1. The van der Waals surface area contributed by atoms with E-state index in [0.29, 0.717) is 29.4 Å². The SMILES string of the molecule is CCCOc1ccc(/C=C/C(=O)Oc2ccc(C(=O)Nc3ccc(C)cc3C)cc2)cc1OC. The molecule has 34 heavy (non-hydrogen) atoms. The van der Waals surface area contributed by atoms with Gasteiger partial charge in [0.1, 0.15) is 5.75 Å².